The normalized spacial score (nSPS) is 16.0. The Morgan fingerprint density at radius 2 is 1.97 bits per heavy atom. The maximum atomic E-state index is 12.5. The number of amides is 1. The van der Waals surface area contributed by atoms with Gasteiger partial charge in [0.2, 0.25) is 0 Å². The van der Waals surface area contributed by atoms with Crippen molar-refractivity contribution in [3.05, 3.63) is 82.3 Å². The Kier molecular flexibility index (Phi) is 7.33. The van der Waals surface area contributed by atoms with Gasteiger partial charge in [-0.25, -0.2) is 0 Å². The van der Waals surface area contributed by atoms with Crippen molar-refractivity contribution in [3.63, 3.8) is 0 Å². The van der Waals surface area contributed by atoms with Crippen LogP contribution in [0.25, 0.3) is 0 Å². The van der Waals surface area contributed by atoms with Gasteiger partial charge in [-0.15, -0.1) is 11.3 Å². The molecule has 3 heterocycles. The van der Waals surface area contributed by atoms with Gasteiger partial charge in [-0.1, -0.05) is 12.1 Å². The SMILES string of the molecule is CC(Cc1cccs1)NC(=O)c1ccc(OC2CCN(Cc3ccccn3)CC2)cc1. The number of carbonyl (C=O) groups excluding carboxylic acids is 1. The fourth-order valence-corrected chi connectivity index (χ4v) is 4.71. The van der Waals surface area contributed by atoms with Crippen LogP contribution in [0, 0.1) is 0 Å². The molecule has 1 saturated heterocycles. The van der Waals surface area contributed by atoms with E-state index in [2.05, 4.69) is 32.7 Å². The van der Waals surface area contributed by atoms with Crippen LogP contribution in [0.3, 0.4) is 0 Å². The molecule has 31 heavy (non-hydrogen) atoms. The number of ether oxygens (including phenoxy) is 1. The number of carbonyl (C=O) groups is 1. The third-order valence-corrected chi connectivity index (χ3v) is 6.43. The predicted molar refractivity (Wildman–Crippen MR) is 125 cm³/mol. The molecule has 0 radical (unpaired) electrons. The van der Waals surface area contributed by atoms with E-state index in [4.69, 9.17) is 4.74 Å². The predicted octanol–water partition coefficient (Wildman–Crippen LogP) is 4.55. The Balaban J connectivity index is 1.22. The average molecular weight is 436 g/mol. The van der Waals surface area contributed by atoms with E-state index in [0.29, 0.717) is 5.56 Å². The van der Waals surface area contributed by atoms with Gasteiger partial charge in [0, 0.05) is 48.7 Å². The Labute approximate surface area is 188 Å². The fourth-order valence-electron chi connectivity index (χ4n) is 3.87. The largest absolute Gasteiger partial charge is 0.490 e. The number of piperidine rings is 1. The van der Waals surface area contributed by atoms with E-state index in [1.165, 1.54) is 4.88 Å². The van der Waals surface area contributed by atoms with Crippen LogP contribution in [0.5, 0.6) is 5.75 Å². The standard InChI is InChI=1S/C25H29N3O2S/c1-19(17-24-6-4-16-31-24)27-25(29)20-7-9-22(10-8-20)30-23-11-14-28(15-12-23)18-21-5-2-3-13-26-21/h2-10,13,16,19,23H,11-12,14-15,17-18H2,1H3,(H,27,29). The minimum Gasteiger partial charge on any atom is -0.490 e. The van der Waals surface area contributed by atoms with E-state index in [0.717, 1.165) is 50.3 Å². The van der Waals surface area contributed by atoms with E-state index in [9.17, 15) is 4.79 Å². The Morgan fingerprint density at radius 3 is 2.65 bits per heavy atom. The van der Waals surface area contributed by atoms with Gasteiger partial charge in [0.25, 0.3) is 5.91 Å². The molecular formula is C25H29N3O2S. The minimum absolute atomic E-state index is 0.0431. The van der Waals surface area contributed by atoms with Crippen LogP contribution >= 0.6 is 11.3 Å². The summed E-state index contributed by atoms with van der Waals surface area (Å²) in [7, 11) is 0. The fraction of sp³-hybridized carbons (Fsp3) is 0.360. The summed E-state index contributed by atoms with van der Waals surface area (Å²) >= 11 is 1.72. The number of rotatable bonds is 8. The second-order valence-electron chi connectivity index (χ2n) is 8.10. The highest BCUT2D eigenvalue weighted by Gasteiger charge is 2.21. The topological polar surface area (TPSA) is 54.5 Å². The molecule has 162 valence electrons. The number of hydrogen-bond donors (Lipinski definition) is 1. The number of benzene rings is 1. The molecule has 1 atom stereocenters. The molecule has 2 aromatic heterocycles. The highest BCUT2D eigenvalue weighted by Crippen LogP contribution is 2.21. The van der Waals surface area contributed by atoms with Crippen molar-refractivity contribution >= 4 is 17.2 Å². The summed E-state index contributed by atoms with van der Waals surface area (Å²) in [6.07, 6.45) is 4.90. The highest BCUT2D eigenvalue weighted by atomic mass is 32.1. The lowest BCUT2D eigenvalue weighted by molar-refractivity contribution is 0.0938. The number of likely N-dealkylation sites (tertiary alicyclic amines) is 1. The van der Waals surface area contributed by atoms with Gasteiger partial charge < -0.3 is 10.1 Å². The van der Waals surface area contributed by atoms with Crippen LogP contribution < -0.4 is 10.1 Å². The minimum atomic E-state index is -0.0431. The van der Waals surface area contributed by atoms with Crippen molar-refractivity contribution in [1.29, 1.82) is 0 Å². The van der Waals surface area contributed by atoms with Crippen molar-refractivity contribution in [3.8, 4) is 5.75 Å². The molecule has 0 bridgehead atoms. The van der Waals surface area contributed by atoms with Crippen molar-refractivity contribution in [2.24, 2.45) is 0 Å². The number of aromatic nitrogens is 1. The lowest BCUT2D eigenvalue weighted by Crippen LogP contribution is -2.38. The van der Waals surface area contributed by atoms with Gasteiger partial charge in [0.1, 0.15) is 11.9 Å². The van der Waals surface area contributed by atoms with E-state index in [-0.39, 0.29) is 18.1 Å². The zero-order valence-corrected chi connectivity index (χ0v) is 18.7. The molecule has 1 aliphatic rings. The first kappa shape index (κ1) is 21.5. The molecule has 4 rings (SSSR count). The van der Waals surface area contributed by atoms with Gasteiger partial charge in [-0.2, -0.15) is 0 Å². The van der Waals surface area contributed by atoms with Crippen LogP contribution in [0.1, 0.15) is 40.7 Å². The van der Waals surface area contributed by atoms with Crippen molar-refractivity contribution in [2.45, 2.75) is 44.9 Å². The lowest BCUT2D eigenvalue weighted by Gasteiger charge is -2.31. The smallest absolute Gasteiger partial charge is 0.251 e. The molecule has 5 nitrogen and oxygen atoms in total. The zero-order valence-electron chi connectivity index (χ0n) is 17.9. The van der Waals surface area contributed by atoms with Crippen LogP contribution in [0.2, 0.25) is 0 Å². The Hall–Kier alpha value is -2.70. The Morgan fingerprint density at radius 1 is 1.16 bits per heavy atom. The van der Waals surface area contributed by atoms with Gasteiger partial charge in [-0.05, 0) is 67.6 Å². The van der Waals surface area contributed by atoms with Gasteiger partial charge in [0.15, 0.2) is 0 Å². The molecule has 1 aliphatic heterocycles. The first-order valence-electron chi connectivity index (χ1n) is 10.9. The second kappa shape index (κ2) is 10.6. The number of hydrogen-bond acceptors (Lipinski definition) is 5. The quantitative estimate of drug-likeness (QED) is 0.564. The number of thiophene rings is 1. The molecule has 1 amide bonds. The molecule has 1 fully saturated rings. The summed E-state index contributed by atoms with van der Waals surface area (Å²) in [4.78, 5) is 20.6. The maximum absolute atomic E-state index is 12.5. The zero-order chi connectivity index (χ0) is 21.5. The first-order chi connectivity index (χ1) is 15.2. The van der Waals surface area contributed by atoms with Crippen LogP contribution in [-0.4, -0.2) is 41.0 Å². The second-order valence-corrected chi connectivity index (χ2v) is 9.13. The van der Waals surface area contributed by atoms with Gasteiger partial charge in [0.05, 0.1) is 5.69 Å². The molecular weight excluding hydrogens is 406 g/mol. The summed E-state index contributed by atoms with van der Waals surface area (Å²) < 4.78 is 6.17. The third kappa shape index (κ3) is 6.39. The average Bonchev–Trinajstić information content (AvgIpc) is 3.29. The molecule has 1 N–H and O–H groups in total. The molecule has 0 saturated carbocycles. The van der Waals surface area contributed by atoms with Gasteiger partial charge >= 0.3 is 0 Å². The number of pyridine rings is 1. The van der Waals surface area contributed by atoms with Crippen LogP contribution in [-0.2, 0) is 13.0 Å². The third-order valence-electron chi connectivity index (χ3n) is 5.53. The summed E-state index contributed by atoms with van der Waals surface area (Å²) in [5, 5.41) is 5.14. The monoisotopic (exact) mass is 435 g/mol. The van der Waals surface area contributed by atoms with Crippen LogP contribution in [0.15, 0.2) is 66.2 Å². The van der Waals surface area contributed by atoms with Crippen LogP contribution in [0.4, 0.5) is 0 Å². The van der Waals surface area contributed by atoms with Gasteiger partial charge in [-0.3, -0.25) is 14.7 Å². The summed E-state index contributed by atoms with van der Waals surface area (Å²) in [5.74, 6) is 0.782. The molecule has 0 aliphatic carbocycles. The molecule has 1 unspecified atom stereocenters. The van der Waals surface area contributed by atoms with E-state index in [1.807, 2.05) is 55.6 Å². The summed E-state index contributed by atoms with van der Waals surface area (Å²) in [6, 6.07) is 17.8. The van der Waals surface area contributed by atoms with Crippen molar-refractivity contribution in [2.75, 3.05) is 13.1 Å². The summed E-state index contributed by atoms with van der Waals surface area (Å²) in [5.41, 5.74) is 1.77. The van der Waals surface area contributed by atoms with E-state index < -0.39 is 0 Å². The highest BCUT2D eigenvalue weighted by molar-refractivity contribution is 7.09. The van der Waals surface area contributed by atoms with Crippen molar-refractivity contribution < 1.29 is 9.53 Å². The van der Waals surface area contributed by atoms with Crippen molar-refractivity contribution in [1.82, 2.24) is 15.2 Å². The Bertz CT molecular complexity index is 937. The van der Waals surface area contributed by atoms with E-state index >= 15 is 0 Å². The van der Waals surface area contributed by atoms with E-state index in [1.54, 1.807) is 11.3 Å². The molecule has 1 aromatic carbocycles. The lowest BCUT2D eigenvalue weighted by atomic mass is 10.1. The molecule has 6 heteroatoms. The summed E-state index contributed by atoms with van der Waals surface area (Å²) in [6.45, 7) is 4.94. The molecule has 3 aromatic rings. The molecule has 0 spiro atoms. The number of nitrogens with zero attached hydrogens (tertiary/aromatic N) is 2. The first-order valence-corrected chi connectivity index (χ1v) is 11.8. The number of nitrogens with one attached hydrogen (secondary N) is 1. The maximum Gasteiger partial charge on any atom is 0.251 e.